The molecule has 0 atom stereocenters. The Balaban J connectivity index is 1.76. The minimum Gasteiger partial charge on any atom is -0.508 e. The number of phenolic OH excluding ortho intramolecular Hbond substituents is 2. The van der Waals surface area contributed by atoms with E-state index in [1.807, 2.05) is 30.3 Å². The Morgan fingerprint density at radius 3 is 2.25 bits per heavy atom. The molecule has 0 spiro atoms. The fourth-order valence-electron chi connectivity index (χ4n) is 2.16. The van der Waals surface area contributed by atoms with Crippen LogP contribution < -0.4 is 9.68 Å². The standard InChI is InChI=1S/C18H14N2O4/c21-14-8-4-9-15(12-14)23-19-20-24-17-11-5-10-16(22)18(17)13-6-2-1-3-7-13/h1-12,21-22H/b20-19+. The van der Waals surface area contributed by atoms with Crippen molar-refractivity contribution >= 4 is 0 Å². The molecule has 0 aliphatic rings. The van der Waals surface area contributed by atoms with Crippen LogP contribution in [0.2, 0.25) is 0 Å². The van der Waals surface area contributed by atoms with Crippen LogP contribution in [0.1, 0.15) is 0 Å². The maximum Gasteiger partial charge on any atom is 0.171 e. The molecule has 2 N–H and O–H groups in total. The van der Waals surface area contributed by atoms with E-state index in [4.69, 9.17) is 9.68 Å². The molecule has 0 saturated carbocycles. The third-order valence-electron chi connectivity index (χ3n) is 3.20. The Morgan fingerprint density at radius 1 is 0.708 bits per heavy atom. The highest BCUT2D eigenvalue weighted by molar-refractivity contribution is 5.76. The number of nitrogens with zero attached hydrogens (tertiary/aromatic N) is 2. The maximum atomic E-state index is 10.1. The van der Waals surface area contributed by atoms with E-state index in [2.05, 4.69) is 10.6 Å². The van der Waals surface area contributed by atoms with Crippen LogP contribution in [0.3, 0.4) is 0 Å². The third kappa shape index (κ3) is 3.61. The zero-order valence-corrected chi connectivity index (χ0v) is 12.5. The number of benzene rings is 3. The molecule has 6 nitrogen and oxygen atoms in total. The summed E-state index contributed by atoms with van der Waals surface area (Å²) in [6, 6.07) is 20.3. The molecule has 24 heavy (non-hydrogen) atoms. The lowest BCUT2D eigenvalue weighted by atomic mass is 10.0. The van der Waals surface area contributed by atoms with Gasteiger partial charge in [-0.05, 0) is 29.8 Å². The molecule has 6 heteroatoms. The van der Waals surface area contributed by atoms with E-state index in [0.717, 1.165) is 5.56 Å². The lowest BCUT2D eigenvalue weighted by Gasteiger charge is -2.08. The van der Waals surface area contributed by atoms with E-state index >= 15 is 0 Å². The molecule has 120 valence electrons. The summed E-state index contributed by atoms with van der Waals surface area (Å²) in [4.78, 5) is 10.2. The molecule has 0 aliphatic heterocycles. The molecular formula is C18H14N2O4. The lowest BCUT2D eigenvalue weighted by Crippen LogP contribution is -1.89. The van der Waals surface area contributed by atoms with E-state index in [-0.39, 0.29) is 11.5 Å². The molecule has 0 radical (unpaired) electrons. The monoisotopic (exact) mass is 322 g/mol. The average molecular weight is 322 g/mol. The van der Waals surface area contributed by atoms with Crippen LogP contribution in [-0.2, 0) is 0 Å². The largest absolute Gasteiger partial charge is 0.508 e. The summed E-state index contributed by atoms with van der Waals surface area (Å²) in [6.45, 7) is 0. The predicted molar refractivity (Wildman–Crippen MR) is 87.8 cm³/mol. The highest BCUT2D eigenvalue weighted by atomic mass is 16.7. The molecule has 0 unspecified atom stereocenters. The van der Waals surface area contributed by atoms with Gasteiger partial charge in [0.25, 0.3) is 0 Å². The van der Waals surface area contributed by atoms with Crippen molar-refractivity contribution in [2.24, 2.45) is 10.6 Å². The van der Waals surface area contributed by atoms with E-state index in [0.29, 0.717) is 17.1 Å². The fourth-order valence-corrected chi connectivity index (χ4v) is 2.16. The van der Waals surface area contributed by atoms with Crippen LogP contribution in [0.4, 0.5) is 0 Å². The van der Waals surface area contributed by atoms with Crippen molar-refractivity contribution in [3.8, 4) is 34.1 Å². The molecular weight excluding hydrogens is 308 g/mol. The van der Waals surface area contributed by atoms with Crippen molar-refractivity contribution in [2.45, 2.75) is 0 Å². The van der Waals surface area contributed by atoms with Gasteiger partial charge in [-0.15, -0.1) is 0 Å². The van der Waals surface area contributed by atoms with Gasteiger partial charge < -0.3 is 19.9 Å². The van der Waals surface area contributed by atoms with Crippen molar-refractivity contribution in [2.75, 3.05) is 0 Å². The van der Waals surface area contributed by atoms with Crippen molar-refractivity contribution in [1.82, 2.24) is 0 Å². The molecule has 3 rings (SSSR count). The summed E-state index contributed by atoms with van der Waals surface area (Å²) in [6.07, 6.45) is 0. The molecule has 0 aromatic heterocycles. The molecule has 3 aromatic carbocycles. The Hall–Kier alpha value is -3.54. The number of hydrogen-bond donors (Lipinski definition) is 2. The van der Waals surface area contributed by atoms with Crippen LogP contribution >= 0.6 is 0 Å². The van der Waals surface area contributed by atoms with Crippen LogP contribution in [0.25, 0.3) is 11.1 Å². The first-order valence-electron chi connectivity index (χ1n) is 7.15. The quantitative estimate of drug-likeness (QED) is 0.535. The van der Waals surface area contributed by atoms with Gasteiger partial charge in [-0.3, -0.25) is 0 Å². The lowest BCUT2D eigenvalue weighted by molar-refractivity contribution is 0.208. The van der Waals surface area contributed by atoms with Crippen LogP contribution in [0.5, 0.6) is 23.0 Å². The Morgan fingerprint density at radius 2 is 1.46 bits per heavy atom. The normalized spacial score (nSPS) is 10.7. The van der Waals surface area contributed by atoms with Crippen molar-refractivity contribution in [1.29, 1.82) is 0 Å². The second kappa shape index (κ2) is 7.15. The zero-order valence-electron chi connectivity index (χ0n) is 12.5. The summed E-state index contributed by atoms with van der Waals surface area (Å²) >= 11 is 0. The molecule has 0 amide bonds. The molecule has 0 fully saturated rings. The van der Waals surface area contributed by atoms with Crippen LogP contribution in [0, 0.1) is 0 Å². The Bertz CT molecular complexity index is 851. The summed E-state index contributed by atoms with van der Waals surface area (Å²) < 4.78 is 0. The van der Waals surface area contributed by atoms with Crippen molar-refractivity contribution in [3.05, 3.63) is 72.8 Å². The van der Waals surface area contributed by atoms with Gasteiger partial charge >= 0.3 is 0 Å². The van der Waals surface area contributed by atoms with Gasteiger partial charge in [0.2, 0.25) is 0 Å². The van der Waals surface area contributed by atoms with E-state index in [1.54, 1.807) is 30.3 Å². The van der Waals surface area contributed by atoms with Gasteiger partial charge in [0.1, 0.15) is 11.5 Å². The zero-order chi connectivity index (χ0) is 16.8. The first-order valence-corrected chi connectivity index (χ1v) is 7.15. The van der Waals surface area contributed by atoms with Gasteiger partial charge in [-0.25, -0.2) is 0 Å². The number of rotatable bonds is 5. The van der Waals surface area contributed by atoms with E-state index < -0.39 is 0 Å². The van der Waals surface area contributed by atoms with Gasteiger partial charge in [-0.2, -0.15) is 0 Å². The summed E-state index contributed by atoms with van der Waals surface area (Å²) in [5, 5.41) is 26.4. The number of aromatic hydroxyl groups is 2. The summed E-state index contributed by atoms with van der Waals surface area (Å²) in [7, 11) is 0. The van der Waals surface area contributed by atoms with Gasteiger partial charge in [-0.1, -0.05) is 42.5 Å². The third-order valence-corrected chi connectivity index (χ3v) is 3.20. The molecule has 0 heterocycles. The predicted octanol–water partition coefficient (Wildman–Crippen LogP) is 4.50. The van der Waals surface area contributed by atoms with E-state index in [1.165, 1.54) is 12.1 Å². The minimum absolute atomic E-state index is 0.0583. The van der Waals surface area contributed by atoms with Crippen LogP contribution in [0.15, 0.2) is 83.4 Å². The Labute approximate surface area is 138 Å². The first kappa shape index (κ1) is 15.4. The second-order valence-electron chi connectivity index (χ2n) is 4.86. The molecule has 0 saturated heterocycles. The first-order chi connectivity index (χ1) is 11.7. The number of phenols is 2. The maximum absolute atomic E-state index is 10.1. The molecule has 0 aliphatic carbocycles. The highest BCUT2D eigenvalue weighted by Crippen LogP contribution is 2.37. The number of hydrogen-bond acceptors (Lipinski definition) is 6. The minimum atomic E-state index is 0.0583. The average Bonchev–Trinajstić information content (AvgIpc) is 2.60. The van der Waals surface area contributed by atoms with Gasteiger partial charge in [0.05, 0.1) is 16.1 Å². The molecule has 3 aromatic rings. The molecule has 0 bridgehead atoms. The topological polar surface area (TPSA) is 83.6 Å². The fraction of sp³-hybridized carbons (Fsp3) is 0. The summed E-state index contributed by atoms with van der Waals surface area (Å²) in [5.41, 5.74) is 1.30. The van der Waals surface area contributed by atoms with Crippen molar-refractivity contribution in [3.63, 3.8) is 0 Å². The van der Waals surface area contributed by atoms with Gasteiger partial charge in [0.15, 0.2) is 11.5 Å². The Kier molecular flexibility index (Phi) is 4.57. The highest BCUT2D eigenvalue weighted by Gasteiger charge is 2.11. The van der Waals surface area contributed by atoms with E-state index in [9.17, 15) is 10.2 Å². The summed E-state index contributed by atoms with van der Waals surface area (Å²) in [5.74, 6) is 0.789. The smallest absolute Gasteiger partial charge is 0.171 e. The SMILES string of the molecule is Oc1cccc(O/N=N/Oc2cccc(O)c2-c2ccccc2)c1. The second-order valence-corrected chi connectivity index (χ2v) is 4.86. The van der Waals surface area contributed by atoms with Crippen molar-refractivity contribution < 1.29 is 19.9 Å². The van der Waals surface area contributed by atoms with Gasteiger partial charge in [0, 0.05) is 6.07 Å². The van der Waals surface area contributed by atoms with Crippen LogP contribution in [-0.4, -0.2) is 10.2 Å².